The number of carbonyl (C=O) groups excluding carboxylic acids is 1. The molecule has 0 saturated heterocycles. The lowest BCUT2D eigenvalue weighted by molar-refractivity contribution is -0.141. The van der Waals surface area contributed by atoms with E-state index in [9.17, 15) is 9.18 Å². The average Bonchev–Trinajstić information content (AvgIpc) is 3.26. The molecular formula is C17H23BrFNO2. The van der Waals surface area contributed by atoms with E-state index in [1.807, 2.05) is 4.90 Å². The van der Waals surface area contributed by atoms with Gasteiger partial charge in [-0.3, -0.25) is 4.79 Å². The maximum atomic E-state index is 13.1. The number of carbonyl (C=O) groups is 1. The SMILES string of the molecule is CC(Oc1ccc(F)cc1Br)C(=O)N(C1CC1)C(C)C(C)C. The third kappa shape index (κ3) is 4.00. The molecule has 1 aromatic rings. The van der Waals surface area contributed by atoms with Crippen LogP contribution in [0.5, 0.6) is 5.75 Å². The van der Waals surface area contributed by atoms with Crippen LogP contribution in [-0.2, 0) is 4.79 Å². The van der Waals surface area contributed by atoms with Gasteiger partial charge in [0.05, 0.1) is 4.47 Å². The Hall–Kier alpha value is -1.10. The van der Waals surface area contributed by atoms with Crippen LogP contribution in [0, 0.1) is 11.7 Å². The summed E-state index contributed by atoms with van der Waals surface area (Å²) in [5.74, 6) is 0.538. The summed E-state index contributed by atoms with van der Waals surface area (Å²) in [6, 6.07) is 4.72. The maximum Gasteiger partial charge on any atom is 0.263 e. The van der Waals surface area contributed by atoms with Gasteiger partial charge in [-0.2, -0.15) is 0 Å². The Morgan fingerprint density at radius 1 is 1.32 bits per heavy atom. The lowest BCUT2D eigenvalue weighted by Gasteiger charge is -2.34. The van der Waals surface area contributed by atoms with Gasteiger partial charge in [0.15, 0.2) is 6.10 Å². The molecule has 0 bridgehead atoms. The third-order valence-electron chi connectivity index (χ3n) is 4.14. The van der Waals surface area contributed by atoms with Crippen molar-refractivity contribution >= 4 is 21.8 Å². The van der Waals surface area contributed by atoms with Gasteiger partial charge in [-0.05, 0) is 66.7 Å². The van der Waals surface area contributed by atoms with Gasteiger partial charge < -0.3 is 9.64 Å². The van der Waals surface area contributed by atoms with Crippen molar-refractivity contribution in [1.29, 1.82) is 0 Å². The molecule has 1 fully saturated rings. The molecule has 122 valence electrons. The standard InChI is InChI=1S/C17H23BrFNO2/c1-10(2)11(3)20(14-6-7-14)17(21)12(4)22-16-8-5-13(19)9-15(16)18/h5,8-12,14H,6-7H2,1-4H3. The van der Waals surface area contributed by atoms with E-state index in [1.165, 1.54) is 18.2 Å². The van der Waals surface area contributed by atoms with E-state index in [0.717, 1.165) is 12.8 Å². The minimum absolute atomic E-state index is 0.0000694. The van der Waals surface area contributed by atoms with Crippen molar-refractivity contribution in [3.8, 4) is 5.75 Å². The van der Waals surface area contributed by atoms with Gasteiger partial charge in [-0.25, -0.2) is 4.39 Å². The highest BCUT2D eigenvalue weighted by Gasteiger charge is 2.39. The Labute approximate surface area is 140 Å². The van der Waals surface area contributed by atoms with Gasteiger partial charge in [-0.15, -0.1) is 0 Å². The molecule has 0 heterocycles. The second-order valence-corrected chi connectivity index (χ2v) is 7.15. The number of nitrogens with zero attached hydrogens (tertiary/aromatic N) is 1. The summed E-state index contributed by atoms with van der Waals surface area (Å²) in [5.41, 5.74) is 0. The van der Waals surface area contributed by atoms with Crippen LogP contribution < -0.4 is 4.74 Å². The smallest absolute Gasteiger partial charge is 0.263 e. The van der Waals surface area contributed by atoms with Crippen LogP contribution in [0.3, 0.4) is 0 Å². The summed E-state index contributed by atoms with van der Waals surface area (Å²) < 4.78 is 19.4. The minimum Gasteiger partial charge on any atom is -0.480 e. The number of hydrogen-bond donors (Lipinski definition) is 0. The summed E-state index contributed by atoms with van der Waals surface area (Å²) in [4.78, 5) is 14.7. The van der Waals surface area contributed by atoms with Crippen LogP contribution in [0.15, 0.2) is 22.7 Å². The van der Waals surface area contributed by atoms with Crippen molar-refractivity contribution in [3.63, 3.8) is 0 Å². The zero-order valence-corrected chi connectivity index (χ0v) is 15.1. The molecule has 1 aliphatic rings. The van der Waals surface area contributed by atoms with E-state index in [1.54, 1.807) is 6.92 Å². The fourth-order valence-corrected chi connectivity index (χ4v) is 2.85. The Morgan fingerprint density at radius 3 is 2.45 bits per heavy atom. The molecule has 3 nitrogen and oxygen atoms in total. The molecular weight excluding hydrogens is 349 g/mol. The first kappa shape index (κ1) is 17.3. The quantitative estimate of drug-likeness (QED) is 0.741. The number of halogens is 2. The van der Waals surface area contributed by atoms with Gasteiger partial charge in [0.1, 0.15) is 11.6 Å². The highest BCUT2D eigenvalue weighted by molar-refractivity contribution is 9.10. The number of rotatable bonds is 6. The van der Waals surface area contributed by atoms with Crippen LogP contribution in [-0.4, -0.2) is 29.0 Å². The van der Waals surface area contributed by atoms with Crippen molar-refractivity contribution in [2.45, 2.75) is 58.7 Å². The second kappa shape index (κ2) is 6.99. The normalized spacial score (nSPS) is 17.2. The van der Waals surface area contributed by atoms with Crippen molar-refractivity contribution in [2.24, 2.45) is 5.92 Å². The molecule has 0 spiro atoms. The van der Waals surface area contributed by atoms with Gasteiger partial charge in [0, 0.05) is 12.1 Å². The summed E-state index contributed by atoms with van der Waals surface area (Å²) in [6.07, 6.45) is 1.54. The lowest BCUT2D eigenvalue weighted by Crippen LogP contribution is -2.48. The second-order valence-electron chi connectivity index (χ2n) is 6.30. The molecule has 0 N–H and O–H groups in total. The van der Waals surface area contributed by atoms with E-state index in [0.29, 0.717) is 22.2 Å². The van der Waals surface area contributed by atoms with E-state index < -0.39 is 6.10 Å². The summed E-state index contributed by atoms with van der Waals surface area (Å²) in [7, 11) is 0. The third-order valence-corrected chi connectivity index (χ3v) is 4.76. The molecule has 1 saturated carbocycles. The molecule has 0 aromatic heterocycles. The van der Waals surface area contributed by atoms with Crippen molar-refractivity contribution < 1.29 is 13.9 Å². The first-order chi connectivity index (χ1) is 10.3. The minimum atomic E-state index is -0.594. The lowest BCUT2D eigenvalue weighted by atomic mass is 10.0. The van der Waals surface area contributed by atoms with E-state index in [-0.39, 0.29) is 17.8 Å². The molecule has 0 radical (unpaired) electrons. The fourth-order valence-electron chi connectivity index (χ4n) is 2.41. The van der Waals surface area contributed by atoms with Crippen LogP contribution in [0.1, 0.15) is 40.5 Å². The Balaban J connectivity index is 2.09. The largest absolute Gasteiger partial charge is 0.480 e. The predicted molar refractivity (Wildman–Crippen MR) is 88.4 cm³/mol. The van der Waals surface area contributed by atoms with Crippen molar-refractivity contribution in [2.75, 3.05) is 0 Å². The number of benzene rings is 1. The molecule has 5 heteroatoms. The molecule has 1 aromatic carbocycles. The van der Waals surface area contributed by atoms with Gasteiger partial charge in [0.25, 0.3) is 5.91 Å². The average molecular weight is 372 g/mol. The zero-order valence-electron chi connectivity index (χ0n) is 13.5. The molecule has 1 aliphatic carbocycles. The van der Waals surface area contributed by atoms with E-state index in [4.69, 9.17) is 4.74 Å². The van der Waals surface area contributed by atoms with Crippen LogP contribution in [0.4, 0.5) is 4.39 Å². The van der Waals surface area contributed by atoms with Crippen molar-refractivity contribution in [3.05, 3.63) is 28.5 Å². The number of amides is 1. The number of ether oxygens (including phenoxy) is 1. The Kier molecular flexibility index (Phi) is 5.48. The van der Waals surface area contributed by atoms with Gasteiger partial charge in [-0.1, -0.05) is 13.8 Å². The van der Waals surface area contributed by atoms with Crippen LogP contribution in [0.2, 0.25) is 0 Å². The summed E-state index contributed by atoms with van der Waals surface area (Å²) >= 11 is 3.27. The molecule has 0 aliphatic heterocycles. The Bertz CT molecular complexity index is 545. The first-order valence-electron chi connectivity index (χ1n) is 7.75. The maximum absolute atomic E-state index is 13.1. The van der Waals surface area contributed by atoms with Crippen LogP contribution in [0.25, 0.3) is 0 Å². The first-order valence-corrected chi connectivity index (χ1v) is 8.54. The molecule has 22 heavy (non-hydrogen) atoms. The fraction of sp³-hybridized carbons (Fsp3) is 0.588. The van der Waals surface area contributed by atoms with E-state index >= 15 is 0 Å². The predicted octanol–water partition coefficient (Wildman–Crippen LogP) is 4.39. The molecule has 2 atom stereocenters. The van der Waals surface area contributed by atoms with Gasteiger partial charge >= 0.3 is 0 Å². The summed E-state index contributed by atoms with van der Waals surface area (Å²) in [5, 5.41) is 0. The monoisotopic (exact) mass is 371 g/mol. The van der Waals surface area contributed by atoms with Gasteiger partial charge in [0.2, 0.25) is 0 Å². The van der Waals surface area contributed by atoms with Crippen molar-refractivity contribution in [1.82, 2.24) is 4.90 Å². The van der Waals surface area contributed by atoms with E-state index in [2.05, 4.69) is 36.7 Å². The highest BCUT2D eigenvalue weighted by atomic mass is 79.9. The molecule has 2 unspecified atom stereocenters. The number of hydrogen-bond acceptors (Lipinski definition) is 2. The topological polar surface area (TPSA) is 29.5 Å². The highest BCUT2D eigenvalue weighted by Crippen LogP contribution is 2.32. The Morgan fingerprint density at radius 2 is 1.95 bits per heavy atom. The summed E-state index contributed by atoms with van der Waals surface area (Å²) in [6.45, 7) is 8.08. The molecule has 1 amide bonds. The van der Waals surface area contributed by atoms with Crippen LogP contribution >= 0.6 is 15.9 Å². The zero-order chi connectivity index (χ0) is 16.4. The molecule has 2 rings (SSSR count).